The third-order valence-corrected chi connectivity index (χ3v) is 8.80. The number of hydrogen-bond acceptors (Lipinski definition) is 6. The van der Waals surface area contributed by atoms with Gasteiger partial charge in [0.25, 0.3) is 0 Å². The summed E-state index contributed by atoms with van der Waals surface area (Å²) < 4.78 is 2.55. The van der Waals surface area contributed by atoms with Crippen LogP contribution in [0, 0.1) is 18.6 Å². The van der Waals surface area contributed by atoms with Gasteiger partial charge in [-0.1, -0.05) is 53.7 Å². The van der Waals surface area contributed by atoms with Crippen LogP contribution in [0.5, 0.6) is 0 Å². The maximum atomic E-state index is 9.98. The zero-order chi connectivity index (χ0) is 32.8. The molecule has 0 aliphatic carbocycles. The maximum Gasteiger partial charge on any atom is 3.00 e. The number of pyridine rings is 2. The van der Waals surface area contributed by atoms with E-state index in [0.29, 0.717) is 0 Å². The Morgan fingerprint density at radius 2 is 1.02 bits per heavy atom. The van der Waals surface area contributed by atoms with Crippen LogP contribution in [0.25, 0.3) is 42.7 Å². The van der Waals surface area contributed by atoms with Crippen molar-refractivity contribution in [1.82, 2.24) is 9.97 Å². The molecule has 7 heteroatoms. The number of carbonyl (C=O) groups is 2. The largest absolute Gasteiger partial charge is 3.00 e. The van der Waals surface area contributed by atoms with Gasteiger partial charge in [-0.2, -0.15) is 0 Å². The fraction of sp³-hybridized carbons (Fsp3) is 0.256. The van der Waals surface area contributed by atoms with Crippen molar-refractivity contribution in [3.63, 3.8) is 0 Å². The van der Waals surface area contributed by atoms with E-state index in [1.165, 1.54) is 45.1 Å². The molecule has 2 aromatic carbocycles. The fourth-order valence-corrected chi connectivity index (χ4v) is 6.15. The molecule has 0 amide bonds. The van der Waals surface area contributed by atoms with Gasteiger partial charge in [0.05, 0.1) is 0 Å². The zero-order valence-corrected chi connectivity index (χ0v) is 31.5. The number of hydrogen-bond donors (Lipinski definition) is 0. The number of rotatable bonds is 4. The number of benzene rings is 2. The van der Waals surface area contributed by atoms with Crippen molar-refractivity contribution >= 4 is 54.4 Å². The molecule has 238 valence electrons. The second-order valence-corrected chi connectivity index (χ2v) is 14.7. The molecule has 4 nitrogen and oxygen atoms in total. The summed E-state index contributed by atoms with van der Waals surface area (Å²) in [5, 5.41) is 6.65. The Morgan fingerprint density at radius 3 is 1.30 bits per heavy atom. The number of ketones is 2. The number of fused-ring (bicyclic) bond motifs is 2. The number of thiophene rings is 2. The number of aromatic nitrogens is 2. The summed E-state index contributed by atoms with van der Waals surface area (Å²) in [5.41, 5.74) is 7.11. The molecular formula is C39H39IrN2O2S2. The van der Waals surface area contributed by atoms with Crippen molar-refractivity contribution in [3.8, 4) is 22.5 Å². The number of nitrogens with zero attached hydrogens (tertiary/aromatic N) is 2. The van der Waals surface area contributed by atoms with Crippen molar-refractivity contribution in [1.29, 1.82) is 0 Å². The molecule has 6 rings (SSSR count). The smallest absolute Gasteiger partial charge is 0.334 e. The van der Waals surface area contributed by atoms with Crippen molar-refractivity contribution in [2.45, 2.75) is 66.2 Å². The van der Waals surface area contributed by atoms with E-state index in [2.05, 4.69) is 135 Å². The molecule has 0 aliphatic rings. The van der Waals surface area contributed by atoms with Gasteiger partial charge in [-0.3, -0.25) is 6.42 Å². The molecule has 0 atom stereocenters. The van der Waals surface area contributed by atoms with E-state index in [1.54, 1.807) is 22.7 Å². The van der Waals surface area contributed by atoms with Gasteiger partial charge in [0.2, 0.25) is 0 Å². The first-order valence-corrected chi connectivity index (χ1v) is 16.6. The molecule has 0 radical (unpaired) electrons. The molecule has 4 aromatic heterocycles. The SMILES string of the molecule is CC(=O)[CH-]C(C)=O.CC(C)(C)c1c[c-]c(-c2nccc3sccc23)cc1.CC(C)(C)c1c[c-]c(-c2nccc3sccc23)cc1.[Ir+3]. The topological polar surface area (TPSA) is 59.9 Å². The minimum absolute atomic E-state index is 0. The predicted octanol–water partition coefficient (Wildman–Crippen LogP) is 10.5. The van der Waals surface area contributed by atoms with Gasteiger partial charge < -0.3 is 19.6 Å². The Morgan fingerprint density at radius 1 is 0.630 bits per heavy atom. The Labute approximate surface area is 294 Å². The molecule has 0 bridgehead atoms. The van der Waals surface area contributed by atoms with Gasteiger partial charge in [0.1, 0.15) is 0 Å². The first-order valence-electron chi connectivity index (χ1n) is 14.8. The van der Waals surface area contributed by atoms with E-state index in [9.17, 15) is 9.59 Å². The number of carbonyl (C=O) groups excluding carboxylic acids is 2. The summed E-state index contributed by atoms with van der Waals surface area (Å²) in [4.78, 5) is 29.0. The quantitative estimate of drug-likeness (QED) is 0.131. The third kappa shape index (κ3) is 9.76. The van der Waals surface area contributed by atoms with Gasteiger partial charge in [0.15, 0.2) is 0 Å². The van der Waals surface area contributed by atoms with Gasteiger partial charge in [0, 0.05) is 33.4 Å². The Balaban J connectivity index is 0.000000205. The van der Waals surface area contributed by atoms with Crippen LogP contribution in [0.1, 0.15) is 66.5 Å². The van der Waals surface area contributed by atoms with E-state index >= 15 is 0 Å². The van der Waals surface area contributed by atoms with E-state index in [4.69, 9.17) is 0 Å². The van der Waals surface area contributed by atoms with Crippen LogP contribution in [-0.4, -0.2) is 21.5 Å². The molecule has 0 fully saturated rings. The second-order valence-electron chi connectivity index (χ2n) is 12.8. The van der Waals surface area contributed by atoms with E-state index in [-0.39, 0.29) is 42.5 Å². The van der Waals surface area contributed by atoms with Crippen LogP contribution < -0.4 is 0 Å². The Hall–Kier alpha value is -3.48. The summed E-state index contributed by atoms with van der Waals surface area (Å²) in [5.74, 6) is -0.375. The van der Waals surface area contributed by atoms with Crippen LogP contribution in [0.3, 0.4) is 0 Å². The van der Waals surface area contributed by atoms with Crippen molar-refractivity contribution in [2.24, 2.45) is 0 Å². The molecule has 0 unspecified atom stereocenters. The number of Topliss-reactive ketones (excluding diaryl/α,β-unsaturated/α-hetero) is 2. The third-order valence-electron chi connectivity index (χ3n) is 7.03. The molecule has 0 spiro atoms. The van der Waals surface area contributed by atoms with Gasteiger partial charge >= 0.3 is 20.1 Å². The first-order chi connectivity index (χ1) is 21.2. The molecule has 0 saturated heterocycles. The van der Waals surface area contributed by atoms with E-state index in [0.717, 1.165) is 28.9 Å². The monoisotopic (exact) mass is 824 g/mol. The molecule has 6 aromatic rings. The van der Waals surface area contributed by atoms with Gasteiger partial charge in [-0.15, -0.1) is 93.5 Å². The van der Waals surface area contributed by atoms with Gasteiger partial charge in [-0.25, -0.2) is 0 Å². The molecule has 0 N–H and O–H groups in total. The summed E-state index contributed by atoms with van der Waals surface area (Å²) in [7, 11) is 0. The normalized spacial score (nSPS) is 11.0. The Kier molecular flexibility index (Phi) is 12.8. The maximum absolute atomic E-state index is 9.98. The second kappa shape index (κ2) is 15.9. The molecule has 4 heterocycles. The fourth-order valence-electron chi connectivity index (χ4n) is 4.58. The average molecular weight is 824 g/mol. The Bertz CT molecular complexity index is 1750. The van der Waals surface area contributed by atoms with Crippen molar-refractivity contribution in [3.05, 3.63) is 113 Å². The summed E-state index contributed by atoms with van der Waals surface area (Å²) in [6.07, 6.45) is 4.80. The van der Waals surface area contributed by atoms with Crippen LogP contribution in [0.4, 0.5) is 0 Å². The predicted molar refractivity (Wildman–Crippen MR) is 191 cm³/mol. The van der Waals surface area contributed by atoms with Crippen LogP contribution in [-0.2, 0) is 40.5 Å². The standard InChI is InChI=1S/2C17H16NS.C5H7O2.Ir/c2*1-17(2,3)13-6-4-12(5-7-13)16-14-9-11-19-15(14)8-10-18-16;1-4(6)3-5(2)7;/h2*4,6-11H,1-3H3;3H,1-2H3;/q3*-1;+3. The molecule has 0 aliphatic heterocycles. The summed E-state index contributed by atoms with van der Waals surface area (Å²) in [6.45, 7) is 16.0. The van der Waals surface area contributed by atoms with Gasteiger partial charge in [-0.05, 0) is 69.7 Å². The van der Waals surface area contributed by atoms with Crippen LogP contribution in [0.15, 0.2) is 83.8 Å². The minimum Gasteiger partial charge on any atom is -0.334 e. The van der Waals surface area contributed by atoms with Crippen LogP contribution in [0.2, 0.25) is 0 Å². The first kappa shape index (κ1) is 37.0. The minimum atomic E-state index is -0.187. The molecule has 46 heavy (non-hydrogen) atoms. The zero-order valence-electron chi connectivity index (χ0n) is 27.5. The summed E-state index contributed by atoms with van der Waals surface area (Å²) in [6, 6.07) is 27.9. The average Bonchev–Trinajstić information content (AvgIpc) is 3.66. The van der Waals surface area contributed by atoms with E-state index in [1.807, 2.05) is 12.4 Å². The molecular weight excluding hydrogens is 785 g/mol. The van der Waals surface area contributed by atoms with E-state index < -0.39 is 0 Å². The van der Waals surface area contributed by atoms with Crippen molar-refractivity contribution in [2.75, 3.05) is 0 Å². The molecule has 0 saturated carbocycles. The summed E-state index contributed by atoms with van der Waals surface area (Å²) >= 11 is 3.50. The van der Waals surface area contributed by atoms with Crippen LogP contribution >= 0.6 is 22.7 Å². The van der Waals surface area contributed by atoms with Crippen molar-refractivity contribution < 1.29 is 29.7 Å².